The van der Waals surface area contributed by atoms with Gasteiger partial charge in [-0.3, -0.25) is 4.57 Å². The summed E-state index contributed by atoms with van der Waals surface area (Å²) in [6.07, 6.45) is 6.37. The van der Waals surface area contributed by atoms with Crippen LogP contribution in [0.25, 0.3) is 11.2 Å². The molecule has 0 radical (unpaired) electrons. The number of hydrogen-bond acceptors (Lipinski definition) is 7. The van der Waals surface area contributed by atoms with E-state index in [1.807, 2.05) is 4.57 Å². The predicted octanol–water partition coefficient (Wildman–Crippen LogP) is 2.82. The molecule has 2 fully saturated rings. The zero-order valence-electron chi connectivity index (χ0n) is 14.0. The first-order valence-corrected chi connectivity index (χ1v) is 9.58. The molecule has 0 amide bonds. The highest BCUT2D eigenvalue weighted by molar-refractivity contribution is 9.10. The highest BCUT2D eigenvalue weighted by Gasteiger charge is 2.24. The van der Waals surface area contributed by atoms with Gasteiger partial charge in [-0.25, -0.2) is 4.98 Å². The average Bonchev–Trinajstić information content (AvgIpc) is 2.98. The van der Waals surface area contributed by atoms with Crippen molar-refractivity contribution in [2.24, 2.45) is 0 Å². The van der Waals surface area contributed by atoms with E-state index in [4.69, 9.17) is 19.9 Å². The Morgan fingerprint density at radius 1 is 1.08 bits per heavy atom. The third kappa shape index (κ3) is 3.58. The van der Waals surface area contributed by atoms with Crippen molar-refractivity contribution in [2.75, 3.05) is 25.6 Å². The lowest BCUT2D eigenvalue weighted by Gasteiger charge is -2.24. The first-order valence-electron chi connectivity index (χ1n) is 8.79. The molecule has 2 aliphatic rings. The van der Waals surface area contributed by atoms with Crippen molar-refractivity contribution in [1.29, 1.82) is 0 Å². The van der Waals surface area contributed by atoms with Crippen LogP contribution < -0.4 is 10.5 Å². The van der Waals surface area contributed by atoms with Crippen LogP contribution in [0.2, 0.25) is 0 Å². The number of hydrogen-bond donors (Lipinski definition) is 1. The maximum Gasteiger partial charge on any atom is 0.320 e. The molecular weight excluding hydrogens is 390 g/mol. The molecular formula is C16H22BrN5O3. The van der Waals surface area contributed by atoms with Gasteiger partial charge in [0, 0.05) is 13.2 Å². The van der Waals surface area contributed by atoms with Gasteiger partial charge in [0.25, 0.3) is 0 Å². The van der Waals surface area contributed by atoms with Crippen molar-refractivity contribution < 1.29 is 14.2 Å². The van der Waals surface area contributed by atoms with Crippen LogP contribution in [0.5, 0.6) is 6.01 Å². The molecule has 2 unspecified atom stereocenters. The van der Waals surface area contributed by atoms with Crippen LogP contribution in [0.1, 0.15) is 44.8 Å². The summed E-state index contributed by atoms with van der Waals surface area (Å²) in [5.74, 6) is 0.305. The number of nitrogens with zero attached hydrogens (tertiary/aromatic N) is 4. The fourth-order valence-electron chi connectivity index (χ4n) is 3.30. The van der Waals surface area contributed by atoms with Crippen LogP contribution in [-0.4, -0.2) is 45.4 Å². The van der Waals surface area contributed by atoms with Crippen molar-refractivity contribution in [3.8, 4) is 6.01 Å². The summed E-state index contributed by atoms with van der Waals surface area (Å²) in [7, 11) is 0. The van der Waals surface area contributed by atoms with Crippen LogP contribution in [0.4, 0.5) is 5.82 Å². The molecule has 2 atom stereocenters. The molecule has 9 heteroatoms. The van der Waals surface area contributed by atoms with E-state index in [2.05, 4.69) is 30.9 Å². The number of halogens is 1. The molecule has 0 aliphatic carbocycles. The minimum Gasteiger partial charge on any atom is -0.461 e. The van der Waals surface area contributed by atoms with Gasteiger partial charge in [-0.15, -0.1) is 0 Å². The molecule has 0 spiro atoms. The zero-order valence-corrected chi connectivity index (χ0v) is 15.6. The van der Waals surface area contributed by atoms with Gasteiger partial charge in [0.05, 0.1) is 6.10 Å². The fourth-order valence-corrected chi connectivity index (χ4v) is 3.87. The molecule has 136 valence electrons. The van der Waals surface area contributed by atoms with Crippen LogP contribution in [0.3, 0.4) is 0 Å². The second-order valence-corrected chi connectivity index (χ2v) is 7.14. The number of anilines is 1. The summed E-state index contributed by atoms with van der Waals surface area (Å²) in [6.45, 7) is 1.95. The Kier molecular flexibility index (Phi) is 5.05. The molecule has 0 bridgehead atoms. The Balaban J connectivity index is 1.60. The van der Waals surface area contributed by atoms with E-state index in [-0.39, 0.29) is 18.3 Å². The summed E-state index contributed by atoms with van der Waals surface area (Å²) in [5.41, 5.74) is 7.27. The Labute approximate surface area is 154 Å². The summed E-state index contributed by atoms with van der Waals surface area (Å²) >= 11 is 3.49. The third-order valence-electron chi connectivity index (χ3n) is 4.62. The number of aromatic nitrogens is 4. The minimum absolute atomic E-state index is 0.0904. The highest BCUT2D eigenvalue weighted by atomic mass is 79.9. The predicted molar refractivity (Wildman–Crippen MR) is 95.4 cm³/mol. The van der Waals surface area contributed by atoms with Crippen LogP contribution in [-0.2, 0) is 9.47 Å². The highest BCUT2D eigenvalue weighted by Crippen LogP contribution is 2.32. The maximum absolute atomic E-state index is 6.08. The van der Waals surface area contributed by atoms with E-state index in [9.17, 15) is 0 Å². The Hall–Kier alpha value is -1.45. The molecule has 25 heavy (non-hydrogen) atoms. The van der Waals surface area contributed by atoms with Crippen LogP contribution >= 0.6 is 15.9 Å². The van der Waals surface area contributed by atoms with Crippen LogP contribution in [0.15, 0.2) is 4.73 Å². The van der Waals surface area contributed by atoms with Gasteiger partial charge >= 0.3 is 6.01 Å². The van der Waals surface area contributed by atoms with E-state index in [1.165, 1.54) is 0 Å². The van der Waals surface area contributed by atoms with Crippen molar-refractivity contribution in [1.82, 2.24) is 19.5 Å². The zero-order chi connectivity index (χ0) is 17.2. The monoisotopic (exact) mass is 411 g/mol. The minimum atomic E-state index is -0.100. The quantitative estimate of drug-likeness (QED) is 0.772. The lowest BCUT2D eigenvalue weighted by atomic mass is 10.1. The molecule has 2 aliphatic heterocycles. The Morgan fingerprint density at radius 3 is 2.60 bits per heavy atom. The van der Waals surface area contributed by atoms with Gasteiger partial charge in [-0.1, -0.05) is 0 Å². The number of nitrogens with two attached hydrogens (primary N) is 1. The SMILES string of the molecule is Nc1nc(OCC2CCCCO2)nc2c1nc(Br)n2C1CCCCO1. The normalized spacial score (nSPS) is 24.5. The van der Waals surface area contributed by atoms with Gasteiger partial charge < -0.3 is 19.9 Å². The molecule has 0 aromatic carbocycles. The number of imidazole rings is 1. The van der Waals surface area contributed by atoms with E-state index >= 15 is 0 Å². The second-order valence-electron chi connectivity index (χ2n) is 6.44. The first-order chi connectivity index (χ1) is 12.2. The molecule has 0 saturated carbocycles. The third-order valence-corrected chi connectivity index (χ3v) is 5.18. The van der Waals surface area contributed by atoms with E-state index < -0.39 is 0 Å². The number of fused-ring (bicyclic) bond motifs is 1. The van der Waals surface area contributed by atoms with E-state index in [0.717, 1.165) is 51.7 Å². The smallest absolute Gasteiger partial charge is 0.320 e. The van der Waals surface area contributed by atoms with Gasteiger partial charge in [0.2, 0.25) is 0 Å². The Morgan fingerprint density at radius 2 is 1.88 bits per heavy atom. The van der Waals surface area contributed by atoms with E-state index in [0.29, 0.717) is 28.3 Å². The summed E-state index contributed by atoms with van der Waals surface area (Å²) in [6, 6.07) is 0.253. The molecule has 2 aromatic rings. The molecule has 4 rings (SSSR count). The second kappa shape index (κ2) is 7.43. The summed E-state index contributed by atoms with van der Waals surface area (Å²) in [4.78, 5) is 13.2. The van der Waals surface area contributed by atoms with Gasteiger partial charge in [-0.05, 0) is 54.5 Å². The maximum atomic E-state index is 6.08. The van der Waals surface area contributed by atoms with Crippen molar-refractivity contribution >= 4 is 32.9 Å². The largest absolute Gasteiger partial charge is 0.461 e. The lowest BCUT2D eigenvalue weighted by Crippen LogP contribution is -2.26. The molecule has 8 nitrogen and oxygen atoms in total. The molecule has 2 N–H and O–H groups in total. The molecule has 2 saturated heterocycles. The summed E-state index contributed by atoms with van der Waals surface area (Å²) in [5, 5.41) is 0. The van der Waals surface area contributed by atoms with Gasteiger partial charge in [-0.2, -0.15) is 9.97 Å². The van der Waals surface area contributed by atoms with Gasteiger partial charge in [0.15, 0.2) is 21.7 Å². The summed E-state index contributed by atoms with van der Waals surface area (Å²) < 4.78 is 19.9. The van der Waals surface area contributed by atoms with Crippen molar-refractivity contribution in [3.05, 3.63) is 4.73 Å². The van der Waals surface area contributed by atoms with Crippen LogP contribution in [0, 0.1) is 0 Å². The van der Waals surface area contributed by atoms with E-state index in [1.54, 1.807) is 0 Å². The number of ether oxygens (including phenoxy) is 3. The fraction of sp³-hybridized carbons (Fsp3) is 0.688. The van der Waals surface area contributed by atoms with Crippen molar-refractivity contribution in [2.45, 2.75) is 50.9 Å². The lowest BCUT2D eigenvalue weighted by molar-refractivity contribution is -0.0312. The van der Waals surface area contributed by atoms with Crippen molar-refractivity contribution in [3.63, 3.8) is 0 Å². The topological polar surface area (TPSA) is 97.3 Å². The average molecular weight is 412 g/mol. The first kappa shape index (κ1) is 17.0. The Bertz CT molecular complexity index is 741. The molecule has 4 heterocycles. The molecule has 2 aromatic heterocycles. The van der Waals surface area contributed by atoms with Gasteiger partial charge in [0.1, 0.15) is 12.8 Å². The standard InChI is InChI=1S/C16H22BrN5O3/c17-15-19-12-13(18)20-16(25-9-10-5-1-3-7-23-10)21-14(12)22(15)11-6-2-4-8-24-11/h10-11H,1-9H2,(H2,18,20,21). The number of nitrogen functional groups attached to an aromatic ring is 1. The number of rotatable bonds is 4.